The number of aryl methyl sites for hydroxylation is 2. The van der Waals surface area contributed by atoms with Gasteiger partial charge >= 0.3 is 0 Å². The third-order valence-electron chi connectivity index (χ3n) is 1.95. The molecule has 0 N–H and O–H groups in total. The Hall–Kier alpha value is -1.57. The molecule has 0 aliphatic rings. The predicted octanol–water partition coefficient (Wildman–Crippen LogP) is 2.96. The summed E-state index contributed by atoms with van der Waals surface area (Å²) in [6, 6.07) is 10.1. The number of hydrogen-bond acceptors (Lipinski definition) is 2. The Labute approximate surface area is 77.2 Å². The van der Waals surface area contributed by atoms with Gasteiger partial charge in [-0.25, -0.2) is 4.98 Å². The van der Waals surface area contributed by atoms with Crippen molar-refractivity contribution < 1.29 is 4.42 Å². The second-order valence-corrected chi connectivity index (χ2v) is 3.00. The van der Waals surface area contributed by atoms with Crippen LogP contribution in [0.25, 0.3) is 11.3 Å². The molecule has 1 aromatic carbocycles. The smallest absolute Gasteiger partial charge is 0.191 e. The zero-order chi connectivity index (χ0) is 9.26. The van der Waals surface area contributed by atoms with Crippen molar-refractivity contribution >= 4 is 0 Å². The first-order chi connectivity index (χ1) is 6.27. The first-order valence-corrected chi connectivity index (χ1v) is 4.27. The van der Waals surface area contributed by atoms with Crippen LogP contribution < -0.4 is 0 Å². The van der Waals surface area contributed by atoms with Crippen molar-refractivity contribution in [3.05, 3.63) is 42.0 Å². The quantitative estimate of drug-likeness (QED) is 0.662. The molecule has 0 fully saturated rings. The molecule has 0 unspecified atom stereocenters. The van der Waals surface area contributed by atoms with E-state index in [0.717, 1.165) is 22.9 Å². The summed E-state index contributed by atoms with van der Waals surface area (Å²) in [6.07, 6.45) is 0. The van der Waals surface area contributed by atoms with Crippen molar-refractivity contribution in [2.45, 2.75) is 13.8 Å². The number of aromatic nitrogens is 1. The van der Waals surface area contributed by atoms with Crippen LogP contribution in [0.4, 0.5) is 0 Å². The van der Waals surface area contributed by atoms with Crippen LogP contribution in [0.2, 0.25) is 0 Å². The van der Waals surface area contributed by atoms with Gasteiger partial charge in [-0.05, 0) is 6.92 Å². The molecular weight excluding hydrogens is 162 g/mol. The number of hydrogen-bond donors (Lipinski definition) is 0. The molecule has 2 rings (SSSR count). The van der Waals surface area contributed by atoms with Gasteiger partial charge in [-0.2, -0.15) is 0 Å². The Bertz CT molecular complexity index is 403. The largest absolute Gasteiger partial charge is 0.446 e. The number of rotatable bonds is 1. The molecule has 0 saturated heterocycles. The Balaban J connectivity index is 2.53. The van der Waals surface area contributed by atoms with Crippen molar-refractivity contribution in [2.24, 2.45) is 0 Å². The minimum Gasteiger partial charge on any atom is -0.446 e. The van der Waals surface area contributed by atoms with Crippen LogP contribution in [0.1, 0.15) is 11.7 Å². The summed E-state index contributed by atoms with van der Waals surface area (Å²) in [4.78, 5) is 4.31. The van der Waals surface area contributed by atoms with Crippen LogP contribution in [0.3, 0.4) is 0 Å². The summed E-state index contributed by atoms with van der Waals surface area (Å²) >= 11 is 0. The van der Waals surface area contributed by atoms with E-state index in [1.807, 2.05) is 44.2 Å². The van der Waals surface area contributed by atoms with Gasteiger partial charge in [0.25, 0.3) is 0 Å². The van der Waals surface area contributed by atoms with Crippen LogP contribution in [-0.4, -0.2) is 4.98 Å². The van der Waals surface area contributed by atoms with Gasteiger partial charge in [-0.15, -0.1) is 0 Å². The zero-order valence-corrected chi connectivity index (χ0v) is 7.74. The van der Waals surface area contributed by atoms with E-state index < -0.39 is 0 Å². The lowest BCUT2D eigenvalue weighted by molar-refractivity contribution is 0.495. The van der Waals surface area contributed by atoms with Crippen molar-refractivity contribution in [1.29, 1.82) is 0 Å². The summed E-state index contributed by atoms with van der Waals surface area (Å²) in [7, 11) is 0. The third-order valence-corrected chi connectivity index (χ3v) is 1.95. The second-order valence-electron chi connectivity index (χ2n) is 3.00. The van der Waals surface area contributed by atoms with Crippen LogP contribution in [-0.2, 0) is 0 Å². The first-order valence-electron chi connectivity index (χ1n) is 4.27. The maximum atomic E-state index is 5.36. The fourth-order valence-electron chi connectivity index (χ4n) is 1.39. The minimum atomic E-state index is 0.719. The predicted molar refractivity (Wildman–Crippen MR) is 51.4 cm³/mol. The van der Waals surface area contributed by atoms with Gasteiger partial charge < -0.3 is 4.42 Å². The Morgan fingerprint density at radius 1 is 1.08 bits per heavy atom. The summed E-state index contributed by atoms with van der Waals surface area (Å²) < 4.78 is 5.36. The number of benzene rings is 1. The van der Waals surface area contributed by atoms with E-state index in [1.54, 1.807) is 0 Å². The van der Waals surface area contributed by atoms with Gasteiger partial charge in [0.05, 0.1) is 0 Å². The van der Waals surface area contributed by atoms with Crippen molar-refractivity contribution in [2.75, 3.05) is 0 Å². The number of oxazole rings is 1. The molecule has 1 heterocycles. The van der Waals surface area contributed by atoms with Crippen LogP contribution >= 0.6 is 0 Å². The highest BCUT2D eigenvalue weighted by Gasteiger charge is 2.07. The van der Waals surface area contributed by atoms with E-state index in [1.165, 1.54) is 0 Å². The molecule has 2 nitrogen and oxygen atoms in total. The first kappa shape index (κ1) is 8.05. The van der Waals surface area contributed by atoms with Gasteiger partial charge in [0.2, 0.25) is 0 Å². The second kappa shape index (κ2) is 3.05. The minimum absolute atomic E-state index is 0.719. The normalized spacial score (nSPS) is 10.3. The van der Waals surface area contributed by atoms with Crippen LogP contribution in [0.15, 0.2) is 34.7 Å². The Morgan fingerprint density at radius 2 is 1.77 bits per heavy atom. The molecule has 0 saturated carbocycles. The summed E-state index contributed by atoms with van der Waals surface area (Å²) in [5.41, 5.74) is 2.05. The molecule has 0 amide bonds. The third kappa shape index (κ3) is 1.47. The molecule has 0 aliphatic carbocycles. The van der Waals surface area contributed by atoms with Crippen molar-refractivity contribution in [3.8, 4) is 11.3 Å². The summed E-state index contributed by atoms with van der Waals surface area (Å²) in [6.45, 7) is 3.79. The molecule has 0 aliphatic heterocycles. The molecule has 2 aromatic rings. The molecule has 0 spiro atoms. The van der Waals surface area contributed by atoms with Gasteiger partial charge in [0, 0.05) is 12.5 Å². The maximum Gasteiger partial charge on any atom is 0.191 e. The van der Waals surface area contributed by atoms with Crippen LogP contribution in [0, 0.1) is 13.8 Å². The van der Waals surface area contributed by atoms with E-state index in [2.05, 4.69) is 4.98 Å². The summed E-state index contributed by atoms with van der Waals surface area (Å²) in [5, 5.41) is 0. The molecule has 13 heavy (non-hydrogen) atoms. The van der Waals surface area contributed by atoms with Crippen molar-refractivity contribution in [1.82, 2.24) is 4.98 Å². The van der Waals surface area contributed by atoms with Crippen LogP contribution in [0.5, 0.6) is 0 Å². The molecule has 0 radical (unpaired) electrons. The van der Waals surface area contributed by atoms with E-state index in [9.17, 15) is 0 Å². The average molecular weight is 173 g/mol. The average Bonchev–Trinajstić information content (AvgIpc) is 2.47. The molecule has 0 atom stereocenters. The van der Waals surface area contributed by atoms with Gasteiger partial charge in [0.1, 0.15) is 11.5 Å². The van der Waals surface area contributed by atoms with E-state index in [4.69, 9.17) is 4.42 Å². The topological polar surface area (TPSA) is 26.0 Å². The maximum absolute atomic E-state index is 5.36. The SMILES string of the molecule is Cc1nc(-c2ccccc2)c(C)o1. The Morgan fingerprint density at radius 3 is 2.31 bits per heavy atom. The van der Waals surface area contributed by atoms with Gasteiger partial charge in [0.15, 0.2) is 5.89 Å². The fraction of sp³-hybridized carbons (Fsp3) is 0.182. The van der Waals surface area contributed by atoms with Gasteiger partial charge in [-0.1, -0.05) is 30.3 Å². The lowest BCUT2D eigenvalue weighted by Gasteiger charge is -1.94. The van der Waals surface area contributed by atoms with E-state index >= 15 is 0 Å². The molecule has 2 heteroatoms. The summed E-state index contributed by atoms with van der Waals surface area (Å²) in [5.74, 6) is 1.60. The lowest BCUT2D eigenvalue weighted by atomic mass is 10.1. The lowest BCUT2D eigenvalue weighted by Crippen LogP contribution is -1.79. The highest BCUT2D eigenvalue weighted by Crippen LogP contribution is 2.22. The highest BCUT2D eigenvalue weighted by molar-refractivity contribution is 5.60. The Kier molecular flexibility index (Phi) is 1.89. The number of nitrogens with zero attached hydrogens (tertiary/aromatic N) is 1. The molecule has 1 aromatic heterocycles. The molecule has 0 bridgehead atoms. The molecule has 66 valence electrons. The zero-order valence-electron chi connectivity index (χ0n) is 7.74. The van der Waals surface area contributed by atoms with E-state index in [-0.39, 0.29) is 0 Å². The standard InChI is InChI=1S/C11H11NO/c1-8-11(12-9(2)13-8)10-6-4-3-5-7-10/h3-7H,1-2H3. The fourth-order valence-corrected chi connectivity index (χ4v) is 1.39. The van der Waals surface area contributed by atoms with E-state index in [0.29, 0.717) is 0 Å². The highest BCUT2D eigenvalue weighted by atomic mass is 16.4. The van der Waals surface area contributed by atoms with Crippen molar-refractivity contribution in [3.63, 3.8) is 0 Å². The van der Waals surface area contributed by atoms with Gasteiger partial charge in [-0.3, -0.25) is 0 Å². The monoisotopic (exact) mass is 173 g/mol. The molecular formula is C11H11NO.